The van der Waals surface area contributed by atoms with Gasteiger partial charge in [-0.25, -0.2) is 0 Å². The second-order valence-electron chi connectivity index (χ2n) is 6.70. The Morgan fingerprint density at radius 3 is 2.40 bits per heavy atom. The summed E-state index contributed by atoms with van der Waals surface area (Å²) in [5, 5.41) is 0. The lowest BCUT2D eigenvalue weighted by Gasteiger charge is -2.27. The number of benzene rings is 1. The van der Waals surface area contributed by atoms with Crippen molar-refractivity contribution in [1.82, 2.24) is 4.98 Å². The second kappa shape index (κ2) is 8.52. The third-order valence-electron chi connectivity index (χ3n) is 5.09. The summed E-state index contributed by atoms with van der Waals surface area (Å²) in [6.45, 7) is 0. The molecule has 25 heavy (non-hydrogen) atoms. The van der Waals surface area contributed by atoms with Crippen molar-refractivity contribution in [1.29, 1.82) is 0 Å². The Kier molecular flexibility index (Phi) is 6.14. The number of pyridine rings is 1. The predicted octanol–water partition coefficient (Wildman–Crippen LogP) is 5.33. The van der Waals surface area contributed by atoms with Crippen molar-refractivity contribution in [2.45, 2.75) is 44.4 Å². The maximum absolute atomic E-state index is 12.1. The zero-order chi connectivity index (χ0) is 17.6. The number of Topliss-reactive ketones (excluding diaryl/α,β-unsaturated/α-hetero) is 1. The number of halogens is 1. The van der Waals surface area contributed by atoms with E-state index in [4.69, 9.17) is 0 Å². The number of rotatable bonds is 6. The summed E-state index contributed by atoms with van der Waals surface area (Å²) < 4.78 is 1.06. The molecule has 130 valence electrons. The number of hydrogen-bond donors (Lipinski definition) is 0. The first-order valence-electron chi connectivity index (χ1n) is 8.85. The normalized spacial score (nSPS) is 20.2. The molecule has 0 N–H and O–H groups in total. The summed E-state index contributed by atoms with van der Waals surface area (Å²) in [5.41, 5.74) is 3.35. The van der Waals surface area contributed by atoms with Crippen molar-refractivity contribution in [3.8, 4) is 11.3 Å². The SMILES string of the molecule is O=CCCC(=O)C1CCC(c2ccc(-c3ccc(Br)cc3)nc2)CC1. The van der Waals surface area contributed by atoms with E-state index in [1.165, 1.54) is 5.56 Å². The topological polar surface area (TPSA) is 47.0 Å². The molecule has 0 saturated heterocycles. The van der Waals surface area contributed by atoms with E-state index in [2.05, 4.69) is 45.2 Å². The van der Waals surface area contributed by atoms with Crippen LogP contribution in [0.2, 0.25) is 0 Å². The molecule has 0 bridgehead atoms. The Hall–Kier alpha value is -1.81. The van der Waals surface area contributed by atoms with Gasteiger partial charge in [0.15, 0.2) is 0 Å². The lowest BCUT2D eigenvalue weighted by atomic mass is 9.77. The van der Waals surface area contributed by atoms with Gasteiger partial charge in [0.2, 0.25) is 0 Å². The number of aromatic nitrogens is 1. The van der Waals surface area contributed by atoms with Crippen molar-refractivity contribution in [2.24, 2.45) is 5.92 Å². The van der Waals surface area contributed by atoms with Gasteiger partial charge in [-0.15, -0.1) is 0 Å². The molecule has 1 saturated carbocycles. The number of carbonyl (C=O) groups excluding carboxylic acids is 2. The van der Waals surface area contributed by atoms with Crippen LogP contribution in [-0.4, -0.2) is 17.1 Å². The third kappa shape index (κ3) is 4.63. The molecule has 1 aromatic heterocycles. The van der Waals surface area contributed by atoms with Gasteiger partial charge in [-0.3, -0.25) is 9.78 Å². The predicted molar refractivity (Wildman–Crippen MR) is 102 cm³/mol. The highest BCUT2D eigenvalue weighted by atomic mass is 79.9. The highest BCUT2D eigenvalue weighted by Gasteiger charge is 2.26. The van der Waals surface area contributed by atoms with Crippen LogP contribution in [0.15, 0.2) is 47.1 Å². The average Bonchev–Trinajstić information content (AvgIpc) is 2.67. The quantitative estimate of drug-likeness (QED) is 0.616. The molecule has 3 rings (SSSR count). The largest absolute Gasteiger partial charge is 0.303 e. The molecule has 0 unspecified atom stereocenters. The molecule has 0 atom stereocenters. The van der Waals surface area contributed by atoms with E-state index >= 15 is 0 Å². The molecule has 2 aromatic rings. The van der Waals surface area contributed by atoms with Crippen LogP contribution in [0.25, 0.3) is 11.3 Å². The van der Waals surface area contributed by atoms with Crippen LogP contribution in [0.5, 0.6) is 0 Å². The Balaban J connectivity index is 1.59. The minimum atomic E-state index is 0.145. The average molecular weight is 400 g/mol. The molecule has 0 amide bonds. The Morgan fingerprint density at radius 1 is 1.08 bits per heavy atom. The first-order valence-corrected chi connectivity index (χ1v) is 9.65. The molecule has 1 aromatic carbocycles. The number of aldehydes is 1. The van der Waals surface area contributed by atoms with E-state index < -0.39 is 0 Å². The molecule has 3 nitrogen and oxygen atoms in total. The molecular formula is C21H22BrNO2. The molecule has 1 fully saturated rings. The summed E-state index contributed by atoms with van der Waals surface area (Å²) in [6.07, 6.45) is 7.49. The van der Waals surface area contributed by atoms with Gasteiger partial charge in [0.25, 0.3) is 0 Å². The Morgan fingerprint density at radius 2 is 1.80 bits per heavy atom. The summed E-state index contributed by atoms with van der Waals surface area (Å²) in [5.74, 6) is 0.891. The van der Waals surface area contributed by atoms with Crippen molar-refractivity contribution < 1.29 is 9.59 Å². The molecule has 0 spiro atoms. The second-order valence-corrected chi connectivity index (χ2v) is 7.62. The van der Waals surface area contributed by atoms with Crippen molar-refractivity contribution >= 4 is 28.0 Å². The van der Waals surface area contributed by atoms with E-state index in [0.29, 0.717) is 18.8 Å². The first-order chi connectivity index (χ1) is 12.2. The van der Waals surface area contributed by atoms with E-state index in [-0.39, 0.29) is 11.7 Å². The van der Waals surface area contributed by atoms with Crippen LogP contribution in [0.4, 0.5) is 0 Å². The molecule has 0 radical (unpaired) electrons. The third-order valence-corrected chi connectivity index (χ3v) is 5.62. The van der Waals surface area contributed by atoms with Gasteiger partial charge < -0.3 is 4.79 Å². The molecule has 0 aliphatic heterocycles. The minimum Gasteiger partial charge on any atom is -0.303 e. The fourth-order valence-corrected chi connectivity index (χ4v) is 3.86. The monoisotopic (exact) mass is 399 g/mol. The molecule has 1 aliphatic rings. The zero-order valence-electron chi connectivity index (χ0n) is 14.2. The highest BCUT2D eigenvalue weighted by Crippen LogP contribution is 2.36. The van der Waals surface area contributed by atoms with Crippen LogP contribution < -0.4 is 0 Å². The summed E-state index contributed by atoms with van der Waals surface area (Å²) in [6, 6.07) is 12.4. The highest BCUT2D eigenvalue weighted by molar-refractivity contribution is 9.10. The van der Waals surface area contributed by atoms with Crippen LogP contribution in [0, 0.1) is 5.92 Å². The number of ketones is 1. The van der Waals surface area contributed by atoms with Gasteiger partial charge in [0.05, 0.1) is 5.69 Å². The van der Waals surface area contributed by atoms with Crippen molar-refractivity contribution in [3.05, 3.63) is 52.6 Å². The van der Waals surface area contributed by atoms with E-state index in [9.17, 15) is 9.59 Å². The van der Waals surface area contributed by atoms with Gasteiger partial charge in [-0.05, 0) is 55.4 Å². The maximum atomic E-state index is 12.1. The number of hydrogen-bond acceptors (Lipinski definition) is 3. The first kappa shape index (κ1) is 18.0. The van der Waals surface area contributed by atoms with Gasteiger partial charge in [-0.2, -0.15) is 0 Å². The molecule has 4 heteroatoms. The summed E-state index contributed by atoms with van der Waals surface area (Å²) in [7, 11) is 0. The van der Waals surface area contributed by atoms with E-state index in [1.54, 1.807) is 0 Å². The Labute approximate surface area is 157 Å². The smallest absolute Gasteiger partial charge is 0.136 e. The van der Waals surface area contributed by atoms with Gasteiger partial charge in [0, 0.05) is 35.0 Å². The fourth-order valence-electron chi connectivity index (χ4n) is 3.59. The van der Waals surface area contributed by atoms with Crippen LogP contribution in [0.3, 0.4) is 0 Å². The number of carbonyl (C=O) groups is 2. The zero-order valence-corrected chi connectivity index (χ0v) is 15.7. The van der Waals surface area contributed by atoms with Crippen LogP contribution >= 0.6 is 15.9 Å². The summed E-state index contributed by atoms with van der Waals surface area (Å²) >= 11 is 3.45. The van der Waals surface area contributed by atoms with Crippen molar-refractivity contribution in [2.75, 3.05) is 0 Å². The maximum Gasteiger partial charge on any atom is 0.136 e. The minimum absolute atomic E-state index is 0.145. The number of nitrogens with zero attached hydrogens (tertiary/aromatic N) is 1. The summed E-state index contributed by atoms with van der Waals surface area (Å²) in [4.78, 5) is 27.1. The van der Waals surface area contributed by atoms with Crippen molar-refractivity contribution in [3.63, 3.8) is 0 Å². The molecular weight excluding hydrogens is 378 g/mol. The van der Waals surface area contributed by atoms with Crippen LogP contribution in [-0.2, 0) is 9.59 Å². The Bertz CT molecular complexity index is 717. The van der Waals surface area contributed by atoms with E-state index in [0.717, 1.165) is 47.7 Å². The fraction of sp³-hybridized carbons (Fsp3) is 0.381. The van der Waals surface area contributed by atoms with Crippen LogP contribution in [0.1, 0.15) is 50.0 Å². The van der Waals surface area contributed by atoms with Gasteiger partial charge in [0.1, 0.15) is 12.1 Å². The molecule has 1 aliphatic carbocycles. The van der Waals surface area contributed by atoms with E-state index in [1.807, 2.05) is 18.3 Å². The standard InChI is InChI=1S/C21H22BrNO2/c22-19-10-7-16(8-11-19)20-12-9-18(14-23-20)15-3-5-17(6-4-15)21(25)2-1-13-24/h7-15,17H,1-6H2. The van der Waals surface area contributed by atoms with Gasteiger partial charge >= 0.3 is 0 Å². The molecule has 1 heterocycles. The van der Waals surface area contributed by atoms with Gasteiger partial charge in [-0.1, -0.05) is 34.1 Å². The lowest BCUT2D eigenvalue weighted by molar-refractivity contribution is -0.125. The lowest BCUT2D eigenvalue weighted by Crippen LogP contribution is -2.21.